The van der Waals surface area contributed by atoms with E-state index >= 15 is 0 Å². The van der Waals surface area contributed by atoms with Crippen molar-refractivity contribution in [2.45, 2.75) is 13.8 Å². The number of para-hydroxylation sites is 1. The van der Waals surface area contributed by atoms with E-state index < -0.39 is 16.7 Å². The number of rotatable bonds is 3. The highest BCUT2D eigenvalue weighted by atomic mass is 16.6. The number of nitro groups is 1. The number of hydrazine groups is 1. The van der Waals surface area contributed by atoms with Crippen LogP contribution < -0.4 is 10.9 Å². The van der Waals surface area contributed by atoms with Crippen molar-refractivity contribution in [1.82, 2.24) is 10.9 Å². The second kappa shape index (κ2) is 6.69. The zero-order chi connectivity index (χ0) is 17.0. The van der Waals surface area contributed by atoms with Gasteiger partial charge in [-0.2, -0.15) is 0 Å². The maximum Gasteiger partial charge on any atom is 0.285 e. The molecule has 0 radical (unpaired) electrons. The average Bonchev–Trinajstić information content (AvgIpc) is 2.52. The third-order valence-electron chi connectivity index (χ3n) is 3.34. The van der Waals surface area contributed by atoms with Crippen molar-refractivity contribution in [1.29, 1.82) is 0 Å². The van der Waals surface area contributed by atoms with Crippen molar-refractivity contribution in [3.63, 3.8) is 0 Å². The van der Waals surface area contributed by atoms with Gasteiger partial charge in [-0.25, -0.2) is 0 Å². The summed E-state index contributed by atoms with van der Waals surface area (Å²) < 4.78 is 0. The summed E-state index contributed by atoms with van der Waals surface area (Å²) >= 11 is 0. The van der Waals surface area contributed by atoms with Crippen molar-refractivity contribution in [2.24, 2.45) is 0 Å². The second-order valence-corrected chi connectivity index (χ2v) is 4.95. The number of benzene rings is 2. The van der Waals surface area contributed by atoms with E-state index in [-0.39, 0.29) is 11.3 Å². The van der Waals surface area contributed by atoms with Crippen LogP contribution in [0.3, 0.4) is 0 Å². The van der Waals surface area contributed by atoms with Crippen LogP contribution in [0.1, 0.15) is 31.8 Å². The Morgan fingerprint density at radius 3 is 2.00 bits per heavy atom. The minimum absolute atomic E-state index is 0.111. The summed E-state index contributed by atoms with van der Waals surface area (Å²) in [5, 5.41) is 11.1. The molecule has 0 bridgehead atoms. The van der Waals surface area contributed by atoms with Crippen LogP contribution in [0.25, 0.3) is 0 Å². The lowest BCUT2D eigenvalue weighted by Gasteiger charge is -2.10. The maximum absolute atomic E-state index is 12.1. The van der Waals surface area contributed by atoms with E-state index in [1.165, 1.54) is 6.07 Å². The molecule has 0 unspecified atom stereocenters. The summed E-state index contributed by atoms with van der Waals surface area (Å²) in [6.07, 6.45) is 0. The first kappa shape index (κ1) is 16.2. The Bertz CT molecular complexity index is 787. The van der Waals surface area contributed by atoms with Crippen molar-refractivity contribution in [2.75, 3.05) is 0 Å². The lowest BCUT2D eigenvalue weighted by molar-refractivity contribution is -0.385. The van der Waals surface area contributed by atoms with Crippen LogP contribution in [-0.4, -0.2) is 16.7 Å². The largest absolute Gasteiger partial charge is 0.285 e. The zero-order valence-corrected chi connectivity index (χ0v) is 12.6. The molecule has 2 N–H and O–H groups in total. The Morgan fingerprint density at radius 1 is 0.870 bits per heavy atom. The van der Waals surface area contributed by atoms with Gasteiger partial charge in [0.15, 0.2) is 0 Å². The number of carbonyl (C=O) groups is 2. The summed E-state index contributed by atoms with van der Waals surface area (Å²) in [6.45, 7) is 3.31. The second-order valence-electron chi connectivity index (χ2n) is 4.95. The molecule has 0 spiro atoms. The first-order valence-electron chi connectivity index (χ1n) is 6.82. The van der Waals surface area contributed by atoms with Gasteiger partial charge in [0.1, 0.15) is 5.56 Å². The number of amides is 2. The molecule has 0 aliphatic rings. The van der Waals surface area contributed by atoms with Gasteiger partial charge in [-0.3, -0.25) is 30.6 Å². The molecule has 0 aliphatic carbocycles. The lowest BCUT2D eigenvalue weighted by atomic mass is 10.1. The molecule has 0 saturated heterocycles. The first-order valence-corrected chi connectivity index (χ1v) is 6.82. The highest BCUT2D eigenvalue weighted by Crippen LogP contribution is 2.22. The normalized spacial score (nSPS) is 10.0. The third kappa shape index (κ3) is 3.52. The minimum atomic E-state index is -0.748. The maximum atomic E-state index is 12.1. The van der Waals surface area contributed by atoms with Gasteiger partial charge in [-0.1, -0.05) is 30.3 Å². The van der Waals surface area contributed by atoms with E-state index in [4.69, 9.17) is 0 Å². The van der Waals surface area contributed by atoms with Crippen LogP contribution >= 0.6 is 0 Å². The summed E-state index contributed by atoms with van der Waals surface area (Å²) in [5.41, 5.74) is 5.60. The van der Waals surface area contributed by atoms with Crippen molar-refractivity contribution >= 4 is 17.5 Å². The molecule has 118 valence electrons. The Hall–Kier alpha value is -3.22. The fourth-order valence-corrected chi connectivity index (χ4v) is 2.16. The Labute approximate surface area is 132 Å². The van der Waals surface area contributed by atoms with Crippen LogP contribution in [0.4, 0.5) is 5.69 Å². The molecular formula is C16H15N3O4. The summed E-state index contributed by atoms with van der Waals surface area (Å²) in [5.74, 6) is -1.24. The fraction of sp³-hybridized carbons (Fsp3) is 0.125. The molecule has 0 heterocycles. The monoisotopic (exact) mass is 313 g/mol. The Balaban J connectivity index is 2.15. The third-order valence-corrected chi connectivity index (χ3v) is 3.34. The molecular weight excluding hydrogens is 298 g/mol. The SMILES string of the molecule is Cc1ccccc1C(=O)NNC(=O)c1cccc(C)c1[N+](=O)[O-]. The van der Waals surface area contributed by atoms with Crippen molar-refractivity contribution < 1.29 is 14.5 Å². The smallest absolute Gasteiger partial charge is 0.267 e. The van der Waals surface area contributed by atoms with Gasteiger partial charge in [-0.15, -0.1) is 0 Å². The molecule has 23 heavy (non-hydrogen) atoms. The van der Waals surface area contributed by atoms with Gasteiger partial charge in [-0.05, 0) is 31.5 Å². The highest BCUT2D eigenvalue weighted by Gasteiger charge is 2.22. The van der Waals surface area contributed by atoms with E-state index in [2.05, 4.69) is 10.9 Å². The average molecular weight is 313 g/mol. The van der Waals surface area contributed by atoms with Crippen molar-refractivity contribution in [3.05, 3.63) is 74.8 Å². The van der Waals surface area contributed by atoms with Gasteiger partial charge >= 0.3 is 0 Å². The van der Waals surface area contributed by atoms with Crippen LogP contribution in [-0.2, 0) is 0 Å². The molecule has 7 nitrogen and oxygen atoms in total. The first-order chi connectivity index (χ1) is 10.9. The highest BCUT2D eigenvalue weighted by molar-refractivity contribution is 6.01. The number of nitro benzene ring substituents is 1. The summed E-state index contributed by atoms with van der Waals surface area (Å²) in [4.78, 5) is 34.6. The van der Waals surface area contributed by atoms with Crippen LogP contribution in [0.5, 0.6) is 0 Å². The molecule has 2 aromatic carbocycles. The predicted molar refractivity (Wildman–Crippen MR) is 83.9 cm³/mol. The number of nitrogens with one attached hydrogen (secondary N) is 2. The molecule has 2 amide bonds. The standard InChI is InChI=1S/C16H15N3O4/c1-10-6-3-4-8-12(10)15(20)17-18-16(21)13-9-5-7-11(2)14(13)19(22)23/h3-9H,1-2H3,(H,17,20)(H,18,21). The quantitative estimate of drug-likeness (QED) is 0.670. The minimum Gasteiger partial charge on any atom is -0.267 e. The molecule has 0 aliphatic heterocycles. The summed E-state index contributed by atoms with van der Waals surface area (Å²) in [7, 11) is 0. The number of hydrogen-bond acceptors (Lipinski definition) is 4. The molecule has 0 fully saturated rings. The van der Waals surface area contributed by atoms with E-state index in [9.17, 15) is 19.7 Å². The number of nitrogens with zero attached hydrogens (tertiary/aromatic N) is 1. The topological polar surface area (TPSA) is 101 Å². The Morgan fingerprint density at radius 2 is 1.39 bits per heavy atom. The van der Waals surface area contributed by atoms with Gasteiger partial charge < -0.3 is 0 Å². The van der Waals surface area contributed by atoms with Crippen LogP contribution in [0.15, 0.2) is 42.5 Å². The van der Waals surface area contributed by atoms with E-state index in [1.54, 1.807) is 50.2 Å². The fourth-order valence-electron chi connectivity index (χ4n) is 2.16. The number of carbonyl (C=O) groups excluding carboxylic acids is 2. The zero-order valence-electron chi connectivity index (χ0n) is 12.6. The number of hydrogen-bond donors (Lipinski definition) is 2. The molecule has 2 rings (SSSR count). The van der Waals surface area contributed by atoms with Crippen molar-refractivity contribution in [3.8, 4) is 0 Å². The van der Waals surface area contributed by atoms with Gasteiger partial charge in [0.2, 0.25) is 0 Å². The van der Waals surface area contributed by atoms with E-state index in [0.717, 1.165) is 5.56 Å². The van der Waals surface area contributed by atoms with Gasteiger partial charge in [0.05, 0.1) is 4.92 Å². The number of aryl methyl sites for hydroxylation is 2. The molecule has 0 atom stereocenters. The lowest BCUT2D eigenvalue weighted by Crippen LogP contribution is -2.42. The molecule has 0 saturated carbocycles. The van der Waals surface area contributed by atoms with Crippen LogP contribution in [0, 0.1) is 24.0 Å². The van der Waals surface area contributed by atoms with E-state index in [0.29, 0.717) is 11.1 Å². The van der Waals surface area contributed by atoms with E-state index in [1.807, 2.05) is 0 Å². The molecule has 2 aromatic rings. The summed E-state index contributed by atoms with van der Waals surface area (Å²) in [6, 6.07) is 11.3. The predicted octanol–water partition coefficient (Wildman–Crippen LogP) is 2.29. The molecule has 7 heteroatoms. The van der Waals surface area contributed by atoms with Gasteiger partial charge in [0, 0.05) is 11.1 Å². The van der Waals surface area contributed by atoms with Crippen LogP contribution in [0.2, 0.25) is 0 Å². The Kier molecular flexibility index (Phi) is 4.70. The molecule has 0 aromatic heterocycles. The van der Waals surface area contributed by atoms with Gasteiger partial charge in [0.25, 0.3) is 17.5 Å².